The first-order valence-electron chi connectivity index (χ1n) is 8.64. The number of anilines is 1. The van der Waals surface area contributed by atoms with Crippen LogP contribution in [0, 0.1) is 5.82 Å². The maximum atomic E-state index is 13.4. The van der Waals surface area contributed by atoms with Gasteiger partial charge in [0.1, 0.15) is 5.82 Å². The van der Waals surface area contributed by atoms with Gasteiger partial charge in [0, 0.05) is 30.1 Å². The standard InChI is InChI=1S/C19H15FN6O/c20-12-3-1-11(2-4-12)17-18(26-8-7-21-10-15(26)24-17)14-9-16(27)25-19(23-14)22-13-5-6-13/h1-4,7-10,13H,5-6H2,(H2,22,23,25,27). The summed E-state index contributed by atoms with van der Waals surface area (Å²) in [5, 5.41) is 3.22. The van der Waals surface area contributed by atoms with E-state index in [1.807, 2.05) is 4.40 Å². The van der Waals surface area contributed by atoms with Gasteiger partial charge in [-0.3, -0.25) is 19.2 Å². The lowest BCUT2D eigenvalue weighted by molar-refractivity contribution is 0.628. The monoisotopic (exact) mass is 362 g/mol. The fourth-order valence-electron chi connectivity index (χ4n) is 3.03. The van der Waals surface area contributed by atoms with Gasteiger partial charge in [0.2, 0.25) is 5.95 Å². The molecule has 1 aromatic carbocycles. The second kappa shape index (κ2) is 6.01. The van der Waals surface area contributed by atoms with Gasteiger partial charge in [-0.25, -0.2) is 14.4 Å². The molecule has 7 nitrogen and oxygen atoms in total. The van der Waals surface area contributed by atoms with Gasteiger partial charge in [-0.15, -0.1) is 0 Å². The summed E-state index contributed by atoms with van der Waals surface area (Å²) in [5.74, 6) is 0.116. The Kier molecular flexibility index (Phi) is 3.49. The Hall–Kier alpha value is -3.55. The quantitative estimate of drug-likeness (QED) is 0.583. The predicted octanol–water partition coefficient (Wildman–Crippen LogP) is 2.86. The van der Waals surface area contributed by atoms with Gasteiger partial charge in [-0.2, -0.15) is 0 Å². The van der Waals surface area contributed by atoms with Crippen molar-refractivity contribution in [1.29, 1.82) is 0 Å². The molecule has 3 aromatic heterocycles. The van der Waals surface area contributed by atoms with E-state index in [-0.39, 0.29) is 11.4 Å². The number of nitrogens with one attached hydrogen (secondary N) is 2. The number of aromatic nitrogens is 5. The Morgan fingerprint density at radius 2 is 2.00 bits per heavy atom. The fraction of sp³-hybridized carbons (Fsp3) is 0.158. The molecule has 0 unspecified atom stereocenters. The van der Waals surface area contributed by atoms with Crippen LogP contribution in [0.4, 0.5) is 10.3 Å². The van der Waals surface area contributed by atoms with Gasteiger partial charge in [0.05, 0.1) is 23.3 Å². The van der Waals surface area contributed by atoms with Crippen molar-refractivity contribution >= 4 is 11.6 Å². The van der Waals surface area contributed by atoms with Crippen LogP contribution in [0.15, 0.2) is 53.7 Å². The van der Waals surface area contributed by atoms with Crippen LogP contribution in [0.25, 0.3) is 28.3 Å². The molecule has 1 saturated carbocycles. The van der Waals surface area contributed by atoms with Crippen molar-refractivity contribution in [2.24, 2.45) is 0 Å². The highest BCUT2D eigenvalue weighted by Gasteiger charge is 2.23. The average molecular weight is 362 g/mol. The molecule has 27 heavy (non-hydrogen) atoms. The van der Waals surface area contributed by atoms with E-state index >= 15 is 0 Å². The van der Waals surface area contributed by atoms with E-state index in [0.29, 0.717) is 34.7 Å². The van der Waals surface area contributed by atoms with E-state index in [1.165, 1.54) is 18.2 Å². The highest BCUT2D eigenvalue weighted by molar-refractivity contribution is 5.80. The molecule has 5 rings (SSSR count). The van der Waals surface area contributed by atoms with Crippen LogP contribution in [0.3, 0.4) is 0 Å². The first kappa shape index (κ1) is 15.7. The van der Waals surface area contributed by atoms with Crippen molar-refractivity contribution in [1.82, 2.24) is 24.3 Å². The van der Waals surface area contributed by atoms with Crippen LogP contribution >= 0.6 is 0 Å². The topological polar surface area (TPSA) is 88.0 Å². The number of hydrogen-bond acceptors (Lipinski definition) is 5. The van der Waals surface area contributed by atoms with Crippen molar-refractivity contribution in [3.8, 4) is 22.6 Å². The Labute approximate surface area is 153 Å². The average Bonchev–Trinajstić information content (AvgIpc) is 3.38. The molecular formula is C19H15FN6O. The predicted molar refractivity (Wildman–Crippen MR) is 98.9 cm³/mol. The molecule has 0 saturated heterocycles. The summed E-state index contributed by atoms with van der Waals surface area (Å²) in [7, 11) is 0. The number of halogens is 1. The van der Waals surface area contributed by atoms with Crippen LogP contribution in [0.5, 0.6) is 0 Å². The summed E-state index contributed by atoms with van der Waals surface area (Å²) < 4.78 is 15.2. The van der Waals surface area contributed by atoms with Crippen molar-refractivity contribution in [3.63, 3.8) is 0 Å². The molecule has 4 aromatic rings. The number of hydrogen-bond donors (Lipinski definition) is 2. The third-order valence-corrected chi connectivity index (χ3v) is 4.45. The van der Waals surface area contributed by atoms with Gasteiger partial charge in [0.25, 0.3) is 5.56 Å². The summed E-state index contributed by atoms with van der Waals surface area (Å²) in [6.07, 6.45) is 7.17. The van der Waals surface area contributed by atoms with Crippen LogP contribution in [-0.4, -0.2) is 30.4 Å². The zero-order valence-corrected chi connectivity index (χ0v) is 14.2. The van der Waals surface area contributed by atoms with Gasteiger partial charge in [0.15, 0.2) is 5.65 Å². The highest BCUT2D eigenvalue weighted by atomic mass is 19.1. The number of fused-ring (bicyclic) bond motifs is 1. The Bertz CT molecular complexity index is 1190. The van der Waals surface area contributed by atoms with Crippen molar-refractivity contribution in [3.05, 3.63) is 65.1 Å². The summed E-state index contributed by atoms with van der Waals surface area (Å²) in [5.41, 5.74) is 2.85. The molecule has 134 valence electrons. The maximum absolute atomic E-state index is 13.4. The molecule has 0 spiro atoms. The lowest BCUT2D eigenvalue weighted by Gasteiger charge is -2.08. The summed E-state index contributed by atoms with van der Waals surface area (Å²) in [6, 6.07) is 7.87. The zero-order chi connectivity index (χ0) is 18.4. The number of aromatic amines is 1. The van der Waals surface area contributed by atoms with Gasteiger partial charge in [-0.1, -0.05) is 0 Å². The van der Waals surface area contributed by atoms with Gasteiger partial charge >= 0.3 is 0 Å². The molecule has 2 N–H and O–H groups in total. The van der Waals surface area contributed by atoms with Crippen LogP contribution < -0.4 is 10.9 Å². The van der Waals surface area contributed by atoms with E-state index < -0.39 is 0 Å². The third kappa shape index (κ3) is 2.95. The Morgan fingerprint density at radius 1 is 1.19 bits per heavy atom. The molecule has 3 heterocycles. The van der Waals surface area contributed by atoms with Crippen molar-refractivity contribution in [2.75, 3.05) is 5.32 Å². The molecule has 1 aliphatic rings. The van der Waals surface area contributed by atoms with Gasteiger partial charge < -0.3 is 5.32 Å². The van der Waals surface area contributed by atoms with E-state index in [1.54, 1.807) is 30.7 Å². The second-order valence-corrected chi connectivity index (χ2v) is 6.52. The smallest absolute Gasteiger partial charge is 0.252 e. The fourth-order valence-corrected chi connectivity index (χ4v) is 3.03. The normalized spacial score (nSPS) is 13.8. The van der Waals surface area contributed by atoms with Crippen molar-refractivity contribution in [2.45, 2.75) is 18.9 Å². The number of benzene rings is 1. The highest BCUT2D eigenvalue weighted by Crippen LogP contribution is 2.32. The van der Waals surface area contributed by atoms with E-state index in [9.17, 15) is 9.18 Å². The molecule has 1 fully saturated rings. The molecule has 0 radical (unpaired) electrons. The maximum Gasteiger partial charge on any atom is 0.252 e. The molecule has 8 heteroatoms. The second-order valence-electron chi connectivity index (χ2n) is 6.52. The van der Waals surface area contributed by atoms with Gasteiger partial charge in [-0.05, 0) is 37.1 Å². The first-order valence-corrected chi connectivity index (χ1v) is 8.64. The Balaban J connectivity index is 1.74. The summed E-state index contributed by atoms with van der Waals surface area (Å²) >= 11 is 0. The van der Waals surface area contributed by atoms with Crippen molar-refractivity contribution < 1.29 is 4.39 Å². The van der Waals surface area contributed by atoms with E-state index in [2.05, 4.69) is 25.3 Å². The van der Waals surface area contributed by atoms with E-state index in [4.69, 9.17) is 0 Å². The minimum Gasteiger partial charge on any atom is -0.353 e. The minimum absolute atomic E-state index is 0.253. The first-order chi connectivity index (χ1) is 13.2. The summed E-state index contributed by atoms with van der Waals surface area (Å²) in [6.45, 7) is 0. The zero-order valence-electron chi connectivity index (χ0n) is 14.2. The van der Waals surface area contributed by atoms with Crippen LogP contribution in [0.1, 0.15) is 12.8 Å². The van der Waals surface area contributed by atoms with E-state index in [0.717, 1.165) is 18.4 Å². The molecule has 0 aliphatic heterocycles. The number of imidazole rings is 1. The third-order valence-electron chi connectivity index (χ3n) is 4.45. The minimum atomic E-state index is -0.323. The lowest BCUT2D eigenvalue weighted by atomic mass is 10.1. The van der Waals surface area contributed by atoms with Crippen LogP contribution in [-0.2, 0) is 0 Å². The SMILES string of the molecule is O=c1cc(-c2c(-c3ccc(F)cc3)nc3cnccn23)nc(NC2CC2)[nH]1. The molecule has 0 bridgehead atoms. The molecular weight excluding hydrogens is 347 g/mol. The number of H-pyrrole nitrogens is 1. The molecule has 1 aliphatic carbocycles. The summed E-state index contributed by atoms with van der Waals surface area (Å²) in [4.78, 5) is 28.3. The lowest BCUT2D eigenvalue weighted by Crippen LogP contribution is -2.14. The molecule has 0 amide bonds. The number of rotatable bonds is 4. The number of nitrogens with zero attached hydrogens (tertiary/aromatic N) is 4. The molecule has 0 atom stereocenters. The van der Waals surface area contributed by atoms with Crippen LogP contribution in [0.2, 0.25) is 0 Å². The Morgan fingerprint density at radius 3 is 2.78 bits per heavy atom. The largest absolute Gasteiger partial charge is 0.353 e.